The van der Waals surface area contributed by atoms with Crippen LogP contribution in [0.25, 0.3) is 0 Å². The lowest BCUT2D eigenvalue weighted by molar-refractivity contribution is 0.104. The summed E-state index contributed by atoms with van der Waals surface area (Å²) in [6.07, 6.45) is 3.14. The van der Waals surface area contributed by atoms with E-state index in [9.17, 15) is 4.79 Å². The minimum absolute atomic E-state index is 0.191. The zero-order chi connectivity index (χ0) is 14.8. The largest absolute Gasteiger partial charge is 0.288 e. The SMILES string of the molecule is CCc1ccc(C(=O)c2cc3c(s2)CCSC3)cc1CC. The molecule has 2 aromatic rings. The first kappa shape index (κ1) is 14.9. The number of thioether (sulfide) groups is 1. The molecule has 0 saturated carbocycles. The second kappa shape index (κ2) is 6.37. The minimum Gasteiger partial charge on any atom is -0.288 e. The number of carbonyl (C=O) groups is 1. The van der Waals surface area contributed by atoms with Crippen LogP contribution in [0.2, 0.25) is 0 Å². The molecule has 1 aliphatic rings. The van der Waals surface area contributed by atoms with Gasteiger partial charge in [0.1, 0.15) is 0 Å². The summed E-state index contributed by atoms with van der Waals surface area (Å²) in [6, 6.07) is 8.33. The molecule has 0 N–H and O–H groups in total. The van der Waals surface area contributed by atoms with Crippen LogP contribution in [-0.2, 0) is 25.0 Å². The molecule has 0 fully saturated rings. The molecule has 110 valence electrons. The molecular weight excluding hydrogens is 296 g/mol. The Morgan fingerprint density at radius 2 is 1.95 bits per heavy atom. The van der Waals surface area contributed by atoms with Crippen molar-refractivity contribution in [2.24, 2.45) is 0 Å². The van der Waals surface area contributed by atoms with Gasteiger partial charge in [-0.05, 0) is 53.8 Å². The maximum atomic E-state index is 12.7. The molecule has 1 aromatic heterocycles. The number of aryl methyl sites for hydroxylation is 3. The van der Waals surface area contributed by atoms with Crippen molar-refractivity contribution < 1.29 is 4.79 Å². The van der Waals surface area contributed by atoms with Gasteiger partial charge in [0.25, 0.3) is 0 Å². The number of ketones is 1. The quantitative estimate of drug-likeness (QED) is 0.747. The van der Waals surface area contributed by atoms with E-state index < -0.39 is 0 Å². The zero-order valence-corrected chi connectivity index (χ0v) is 14.2. The van der Waals surface area contributed by atoms with Crippen molar-refractivity contribution >= 4 is 28.9 Å². The topological polar surface area (TPSA) is 17.1 Å². The van der Waals surface area contributed by atoms with E-state index in [1.165, 1.54) is 27.3 Å². The Morgan fingerprint density at radius 1 is 1.14 bits per heavy atom. The van der Waals surface area contributed by atoms with Gasteiger partial charge in [-0.3, -0.25) is 4.79 Å². The van der Waals surface area contributed by atoms with Crippen molar-refractivity contribution in [3.63, 3.8) is 0 Å². The second-order valence-electron chi connectivity index (χ2n) is 5.38. The Labute approximate surface area is 134 Å². The third-order valence-corrected chi connectivity index (χ3v) is 6.33. The lowest BCUT2D eigenvalue weighted by atomic mass is 9.98. The van der Waals surface area contributed by atoms with Crippen LogP contribution in [0.1, 0.15) is 50.7 Å². The van der Waals surface area contributed by atoms with Crippen molar-refractivity contribution in [3.05, 3.63) is 56.3 Å². The summed E-state index contributed by atoms with van der Waals surface area (Å²) in [5.74, 6) is 2.44. The van der Waals surface area contributed by atoms with Crippen LogP contribution in [0, 0.1) is 0 Å². The standard InChI is InChI=1S/C18H20OS2/c1-3-12-5-6-14(9-13(12)4-2)18(19)17-10-15-11-20-8-7-16(15)21-17/h5-6,9-10H,3-4,7-8,11H2,1-2H3. The number of carbonyl (C=O) groups excluding carboxylic acids is 1. The number of fused-ring (bicyclic) bond motifs is 1. The molecule has 0 spiro atoms. The van der Waals surface area contributed by atoms with E-state index >= 15 is 0 Å². The fourth-order valence-corrected chi connectivity index (χ4v) is 5.18. The molecule has 3 rings (SSSR count). The van der Waals surface area contributed by atoms with Crippen molar-refractivity contribution in [2.75, 3.05) is 5.75 Å². The molecule has 1 aliphatic heterocycles. The summed E-state index contributed by atoms with van der Waals surface area (Å²) in [7, 11) is 0. The van der Waals surface area contributed by atoms with Crippen LogP contribution in [-0.4, -0.2) is 11.5 Å². The molecule has 21 heavy (non-hydrogen) atoms. The number of benzene rings is 1. The van der Waals surface area contributed by atoms with Gasteiger partial charge in [0.05, 0.1) is 4.88 Å². The fourth-order valence-electron chi connectivity index (χ4n) is 2.84. The minimum atomic E-state index is 0.191. The van der Waals surface area contributed by atoms with E-state index in [4.69, 9.17) is 0 Å². The average Bonchev–Trinajstić information content (AvgIpc) is 2.97. The van der Waals surface area contributed by atoms with Gasteiger partial charge in [-0.15, -0.1) is 11.3 Å². The molecule has 0 unspecified atom stereocenters. The fraction of sp³-hybridized carbons (Fsp3) is 0.389. The molecule has 0 amide bonds. The van der Waals surface area contributed by atoms with Crippen LogP contribution < -0.4 is 0 Å². The van der Waals surface area contributed by atoms with Crippen LogP contribution >= 0.6 is 23.1 Å². The molecule has 0 saturated heterocycles. The Morgan fingerprint density at radius 3 is 2.67 bits per heavy atom. The Hall–Kier alpha value is -1.06. The van der Waals surface area contributed by atoms with Crippen molar-refractivity contribution in [3.8, 4) is 0 Å². The third-order valence-electron chi connectivity index (χ3n) is 4.08. The lowest BCUT2D eigenvalue weighted by Gasteiger charge is -2.08. The first-order valence-electron chi connectivity index (χ1n) is 7.58. The molecule has 0 radical (unpaired) electrons. The number of thiophene rings is 1. The predicted molar refractivity (Wildman–Crippen MR) is 92.8 cm³/mol. The highest BCUT2D eigenvalue weighted by Crippen LogP contribution is 2.33. The molecule has 3 heteroatoms. The van der Waals surface area contributed by atoms with Gasteiger partial charge in [0.15, 0.2) is 0 Å². The zero-order valence-electron chi connectivity index (χ0n) is 12.6. The van der Waals surface area contributed by atoms with Gasteiger partial charge in [0, 0.05) is 16.2 Å². The summed E-state index contributed by atoms with van der Waals surface area (Å²) in [4.78, 5) is 15.1. The maximum Gasteiger partial charge on any atom is 0.202 e. The Kier molecular flexibility index (Phi) is 4.51. The first-order valence-corrected chi connectivity index (χ1v) is 9.55. The van der Waals surface area contributed by atoms with Crippen LogP contribution in [0.4, 0.5) is 0 Å². The highest BCUT2D eigenvalue weighted by Gasteiger charge is 2.19. The van der Waals surface area contributed by atoms with E-state index in [0.29, 0.717) is 0 Å². The van der Waals surface area contributed by atoms with Crippen molar-refractivity contribution in [1.29, 1.82) is 0 Å². The molecule has 2 heterocycles. The number of hydrogen-bond donors (Lipinski definition) is 0. The average molecular weight is 316 g/mol. The summed E-state index contributed by atoms with van der Waals surface area (Å²) >= 11 is 3.66. The summed E-state index contributed by atoms with van der Waals surface area (Å²) in [5, 5.41) is 0. The molecule has 1 nitrogen and oxygen atoms in total. The van der Waals surface area contributed by atoms with Gasteiger partial charge in [-0.1, -0.05) is 26.0 Å². The third kappa shape index (κ3) is 2.95. The van der Waals surface area contributed by atoms with Crippen LogP contribution in [0.5, 0.6) is 0 Å². The molecule has 0 atom stereocenters. The number of hydrogen-bond acceptors (Lipinski definition) is 3. The predicted octanol–water partition coefficient (Wildman–Crippen LogP) is 4.89. The summed E-state index contributed by atoms with van der Waals surface area (Å²) in [6.45, 7) is 4.32. The van der Waals surface area contributed by atoms with Gasteiger partial charge in [-0.2, -0.15) is 11.8 Å². The summed E-state index contributed by atoms with van der Waals surface area (Å²) in [5.41, 5.74) is 4.88. The Bertz CT molecular complexity index is 646. The van der Waals surface area contributed by atoms with Gasteiger partial charge in [-0.25, -0.2) is 0 Å². The molecule has 0 aliphatic carbocycles. The smallest absolute Gasteiger partial charge is 0.202 e. The van der Waals surface area contributed by atoms with E-state index in [0.717, 1.165) is 35.5 Å². The number of rotatable bonds is 4. The highest BCUT2D eigenvalue weighted by molar-refractivity contribution is 7.98. The maximum absolute atomic E-state index is 12.7. The molecular formula is C18H20OS2. The van der Waals surface area contributed by atoms with E-state index in [-0.39, 0.29) is 5.78 Å². The second-order valence-corrected chi connectivity index (χ2v) is 7.62. The highest BCUT2D eigenvalue weighted by atomic mass is 32.2. The van der Waals surface area contributed by atoms with Crippen LogP contribution in [0.3, 0.4) is 0 Å². The van der Waals surface area contributed by atoms with Gasteiger partial charge < -0.3 is 0 Å². The van der Waals surface area contributed by atoms with E-state index in [1.807, 2.05) is 17.8 Å². The Balaban J connectivity index is 1.93. The first-order chi connectivity index (χ1) is 10.2. The normalized spacial score (nSPS) is 14.0. The van der Waals surface area contributed by atoms with Crippen molar-refractivity contribution in [2.45, 2.75) is 38.9 Å². The van der Waals surface area contributed by atoms with E-state index in [2.05, 4.69) is 32.0 Å². The van der Waals surface area contributed by atoms with Crippen LogP contribution in [0.15, 0.2) is 24.3 Å². The van der Waals surface area contributed by atoms with Gasteiger partial charge >= 0.3 is 0 Å². The summed E-state index contributed by atoms with van der Waals surface area (Å²) < 4.78 is 0. The monoisotopic (exact) mass is 316 g/mol. The molecule has 0 bridgehead atoms. The van der Waals surface area contributed by atoms with Crippen molar-refractivity contribution in [1.82, 2.24) is 0 Å². The lowest BCUT2D eigenvalue weighted by Crippen LogP contribution is -2.01. The van der Waals surface area contributed by atoms with Gasteiger partial charge in [0.2, 0.25) is 5.78 Å². The molecule has 1 aromatic carbocycles. The van der Waals surface area contributed by atoms with E-state index in [1.54, 1.807) is 11.3 Å².